The largest absolute Gasteiger partial charge is 0.417 e. The van der Waals surface area contributed by atoms with Crippen LogP contribution in [0.15, 0.2) is 51.7 Å². The van der Waals surface area contributed by atoms with Gasteiger partial charge in [0.1, 0.15) is 0 Å². The quantitative estimate of drug-likeness (QED) is 0.728. The minimum absolute atomic E-state index is 0.0806. The van der Waals surface area contributed by atoms with Crippen molar-refractivity contribution in [1.82, 2.24) is 4.98 Å². The molecule has 0 saturated carbocycles. The van der Waals surface area contributed by atoms with Crippen molar-refractivity contribution in [2.24, 2.45) is 0 Å². The summed E-state index contributed by atoms with van der Waals surface area (Å²) in [5.74, 6) is -0.422. The zero-order valence-corrected chi connectivity index (χ0v) is 11.9. The summed E-state index contributed by atoms with van der Waals surface area (Å²) in [7, 11) is 0. The highest BCUT2D eigenvalue weighted by molar-refractivity contribution is 9.09. The fraction of sp³-hybridized carbons (Fsp3) is 0.133. The average Bonchev–Trinajstić information content (AvgIpc) is 2.76. The molecule has 1 atom stereocenters. The van der Waals surface area contributed by atoms with Gasteiger partial charge >= 0.3 is 5.76 Å². The molecular weight excluding hydrogens is 306 g/mol. The average molecular weight is 318 g/mol. The Bertz CT molecular complexity index is 788. The molecule has 0 aliphatic rings. The molecule has 0 aliphatic carbocycles. The van der Waals surface area contributed by atoms with E-state index in [0.717, 1.165) is 11.1 Å². The lowest BCUT2D eigenvalue weighted by Crippen LogP contribution is -1.93. The molecule has 4 heteroatoms. The third kappa shape index (κ3) is 2.36. The van der Waals surface area contributed by atoms with Crippen LogP contribution >= 0.6 is 15.9 Å². The Labute approximate surface area is 118 Å². The van der Waals surface area contributed by atoms with Crippen LogP contribution in [-0.4, -0.2) is 4.98 Å². The predicted molar refractivity (Wildman–Crippen MR) is 78.8 cm³/mol. The first-order valence-corrected chi connectivity index (χ1v) is 6.88. The van der Waals surface area contributed by atoms with E-state index >= 15 is 0 Å². The second-order valence-electron chi connectivity index (χ2n) is 4.55. The lowest BCUT2D eigenvalue weighted by molar-refractivity contribution is 0.555. The van der Waals surface area contributed by atoms with Gasteiger partial charge < -0.3 is 4.42 Å². The van der Waals surface area contributed by atoms with E-state index in [2.05, 4.69) is 46.0 Å². The Hall–Kier alpha value is -1.81. The molecule has 1 aromatic heterocycles. The molecule has 1 N–H and O–H groups in total. The summed E-state index contributed by atoms with van der Waals surface area (Å²) in [5.41, 5.74) is 4.76. The maximum absolute atomic E-state index is 11.2. The molecule has 0 radical (unpaired) electrons. The van der Waals surface area contributed by atoms with Gasteiger partial charge in [-0.2, -0.15) is 0 Å². The monoisotopic (exact) mass is 317 g/mol. The van der Waals surface area contributed by atoms with Gasteiger partial charge in [-0.05, 0) is 30.2 Å². The van der Waals surface area contributed by atoms with Crippen molar-refractivity contribution in [2.75, 3.05) is 0 Å². The molecular formula is C15H12BrNO2. The van der Waals surface area contributed by atoms with E-state index in [9.17, 15) is 4.79 Å². The third-order valence-electron chi connectivity index (χ3n) is 3.07. The van der Waals surface area contributed by atoms with E-state index in [1.54, 1.807) is 0 Å². The predicted octanol–water partition coefficient (Wildman–Crippen LogP) is 3.91. The SMILES string of the molecule is Cc1cccc(C(Br)c2ccc3[nH]c(=O)oc3c2)c1. The maximum Gasteiger partial charge on any atom is 0.417 e. The van der Waals surface area contributed by atoms with Crippen LogP contribution in [0, 0.1) is 6.92 Å². The second kappa shape index (κ2) is 4.70. The van der Waals surface area contributed by atoms with E-state index in [1.165, 1.54) is 11.1 Å². The summed E-state index contributed by atoms with van der Waals surface area (Å²) < 4.78 is 5.09. The van der Waals surface area contributed by atoms with E-state index in [1.807, 2.05) is 24.3 Å². The lowest BCUT2D eigenvalue weighted by Gasteiger charge is -2.11. The van der Waals surface area contributed by atoms with Gasteiger partial charge in [-0.1, -0.05) is 51.8 Å². The van der Waals surface area contributed by atoms with Crippen molar-refractivity contribution in [1.29, 1.82) is 0 Å². The summed E-state index contributed by atoms with van der Waals surface area (Å²) in [6.07, 6.45) is 0. The molecule has 19 heavy (non-hydrogen) atoms. The number of aromatic amines is 1. The standard InChI is InChI=1S/C15H12BrNO2/c1-9-3-2-4-10(7-9)14(16)11-5-6-12-13(8-11)19-15(18)17-12/h2-8,14H,1H3,(H,17,18). The fourth-order valence-electron chi connectivity index (χ4n) is 2.14. The third-order valence-corrected chi connectivity index (χ3v) is 4.13. The van der Waals surface area contributed by atoms with Crippen molar-refractivity contribution in [3.05, 3.63) is 69.7 Å². The van der Waals surface area contributed by atoms with Gasteiger partial charge in [-0.15, -0.1) is 0 Å². The van der Waals surface area contributed by atoms with Crippen molar-refractivity contribution < 1.29 is 4.42 Å². The number of hydrogen-bond donors (Lipinski definition) is 1. The van der Waals surface area contributed by atoms with Crippen molar-refractivity contribution in [3.63, 3.8) is 0 Å². The topological polar surface area (TPSA) is 46.0 Å². The Morgan fingerprint density at radius 2 is 1.95 bits per heavy atom. The van der Waals surface area contributed by atoms with E-state index in [4.69, 9.17) is 4.42 Å². The first-order valence-electron chi connectivity index (χ1n) is 5.97. The molecule has 3 aromatic rings. The number of benzene rings is 2. The molecule has 0 fully saturated rings. The summed E-state index contributed by atoms with van der Waals surface area (Å²) in [6, 6.07) is 14.0. The molecule has 0 saturated heterocycles. The minimum atomic E-state index is -0.422. The zero-order chi connectivity index (χ0) is 13.4. The molecule has 0 bridgehead atoms. The molecule has 1 heterocycles. The maximum atomic E-state index is 11.2. The Morgan fingerprint density at radius 3 is 2.74 bits per heavy atom. The van der Waals surface area contributed by atoms with Gasteiger partial charge in [0.05, 0.1) is 10.3 Å². The van der Waals surface area contributed by atoms with Crippen LogP contribution < -0.4 is 5.76 Å². The van der Waals surface area contributed by atoms with E-state index < -0.39 is 5.76 Å². The van der Waals surface area contributed by atoms with Gasteiger partial charge in [0, 0.05) is 0 Å². The highest BCUT2D eigenvalue weighted by Crippen LogP contribution is 2.32. The van der Waals surface area contributed by atoms with Crippen LogP contribution in [0.3, 0.4) is 0 Å². The number of halogens is 1. The number of aryl methyl sites for hydroxylation is 1. The molecule has 96 valence electrons. The molecule has 0 aliphatic heterocycles. The summed E-state index contributed by atoms with van der Waals surface area (Å²) in [4.78, 5) is 13.9. The minimum Gasteiger partial charge on any atom is -0.408 e. The number of H-pyrrole nitrogens is 1. The lowest BCUT2D eigenvalue weighted by atomic mass is 10.0. The van der Waals surface area contributed by atoms with Crippen LogP contribution in [0.25, 0.3) is 11.1 Å². The van der Waals surface area contributed by atoms with E-state index in [-0.39, 0.29) is 4.83 Å². The second-order valence-corrected chi connectivity index (χ2v) is 5.46. The zero-order valence-electron chi connectivity index (χ0n) is 10.3. The normalized spacial score (nSPS) is 12.7. The number of hydrogen-bond acceptors (Lipinski definition) is 2. The van der Waals surface area contributed by atoms with Crippen molar-refractivity contribution in [2.45, 2.75) is 11.8 Å². The van der Waals surface area contributed by atoms with Gasteiger partial charge in [-0.25, -0.2) is 4.79 Å². The summed E-state index contributed by atoms with van der Waals surface area (Å²) in [6.45, 7) is 2.07. The van der Waals surface area contributed by atoms with Crippen molar-refractivity contribution in [3.8, 4) is 0 Å². The van der Waals surface area contributed by atoms with E-state index in [0.29, 0.717) is 5.58 Å². The summed E-state index contributed by atoms with van der Waals surface area (Å²) >= 11 is 3.69. The summed E-state index contributed by atoms with van der Waals surface area (Å²) in [5, 5.41) is 0. The van der Waals surface area contributed by atoms with Crippen LogP contribution in [0.1, 0.15) is 21.5 Å². The van der Waals surface area contributed by atoms with Gasteiger partial charge in [0.2, 0.25) is 0 Å². The number of alkyl halides is 1. The number of rotatable bonds is 2. The number of nitrogens with one attached hydrogen (secondary N) is 1. The Morgan fingerprint density at radius 1 is 1.16 bits per heavy atom. The number of oxazole rings is 1. The number of fused-ring (bicyclic) bond motifs is 1. The van der Waals surface area contributed by atoms with Crippen LogP contribution in [0.5, 0.6) is 0 Å². The van der Waals surface area contributed by atoms with Crippen LogP contribution in [-0.2, 0) is 0 Å². The smallest absolute Gasteiger partial charge is 0.408 e. The van der Waals surface area contributed by atoms with Crippen LogP contribution in [0.2, 0.25) is 0 Å². The first-order chi connectivity index (χ1) is 9.13. The molecule has 0 amide bonds. The first kappa shape index (κ1) is 12.2. The van der Waals surface area contributed by atoms with Gasteiger partial charge in [-0.3, -0.25) is 4.98 Å². The molecule has 2 aromatic carbocycles. The van der Waals surface area contributed by atoms with Crippen molar-refractivity contribution >= 4 is 27.0 Å². The van der Waals surface area contributed by atoms with Gasteiger partial charge in [0.25, 0.3) is 0 Å². The number of aromatic nitrogens is 1. The Kier molecular flexibility index (Phi) is 3.03. The molecule has 3 nitrogen and oxygen atoms in total. The van der Waals surface area contributed by atoms with Gasteiger partial charge in [0.15, 0.2) is 5.58 Å². The molecule has 3 rings (SSSR count). The fourth-order valence-corrected chi connectivity index (χ4v) is 2.71. The molecule has 1 unspecified atom stereocenters. The molecule has 0 spiro atoms. The van der Waals surface area contributed by atoms with Crippen LogP contribution in [0.4, 0.5) is 0 Å². The Balaban J connectivity index is 2.05. The highest BCUT2D eigenvalue weighted by Gasteiger charge is 2.12. The highest BCUT2D eigenvalue weighted by atomic mass is 79.9.